The minimum Gasteiger partial charge on any atom is -0.323 e. The van der Waals surface area contributed by atoms with E-state index in [1.807, 2.05) is 35.2 Å². The molecule has 2 heterocycles. The molecule has 5 nitrogen and oxygen atoms in total. The number of aromatic nitrogens is 5. The van der Waals surface area contributed by atoms with Crippen molar-refractivity contribution in [1.29, 1.82) is 0 Å². The maximum absolute atomic E-state index is 5.20. The molecule has 0 aliphatic heterocycles. The number of allylic oxidation sites excluding steroid dienone is 1. The summed E-state index contributed by atoms with van der Waals surface area (Å²) in [5.41, 5.74) is 2.06. The molecule has 0 fully saturated rings. The molecule has 0 radical (unpaired) electrons. The fraction of sp³-hybridized carbons (Fsp3) is 0.154. The highest BCUT2D eigenvalue weighted by atomic mass is 32.1. The molecule has 1 N–H and O–H groups in total. The highest BCUT2D eigenvalue weighted by molar-refractivity contribution is 7.71. The van der Waals surface area contributed by atoms with Gasteiger partial charge in [0.2, 0.25) is 0 Å². The van der Waals surface area contributed by atoms with Gasteiger partial charge >= 0.3 is 0 Å². The Morgan fingerprint density at radius 1 is 1.37 bits per heavy atom. The Bertz CT molecular complexity index is 780. The van der Waals surface area contributed by atoms with Gasteiger partial charge in [0.15, 0.2) is 10.6 Å². The van der Waals surface area contributed by atoms with E-state index in [9.17, 15) is 0 Å². The van der Waals surface area contributed by atoms with Crippen LogP contribution >= 0.6 is 12.2 Å². The molecule has 6 heteroatoms. The SMILES string of the molecule is C=CCn1c(Cn2cnc3ccccc32)n[nH]c1=S. The maximum Gasteiger partial charge on any atom is 0.195 e. The molecule has 3 aromatic rings. The molecule has 0 aliphatic rings. The van der Waals surface area contributed by atoms with E-state index in [0.717, 1.165) is 16.9 Å². The van der Waals surface area contributed by atoms with Crippen molar-refractivity contribution in [2.24, 2.45) is 0 Å². The Morgan fingerprint density at radius 2 is 2.21 bits per heavy atom. The predicted octanol–water partition coefficient (Wildman–Crippen LogP) is 2.52. The van der Waals surface area contributed by atoms with Crippen molar-refractivity contribution in [1.82, 2.24) is 24.3 Å². The van der Waals surface area contributed by atoms with E-state index in [2.05, 4.69) is 26.3 Å². The normalized spacial score (nSPS) is 10.9. The van der Waals surface area contributed by atoms with Crippen LogP contribution in [-0.4, -0.2) is 24.3 Å². The minimum atomic E-state index is 0.610. The van der Waals surface area contributed by atoms with Crippen molar-refractivity contribution in [3.05, 3.63) is 53.8 Å². The lowest BCUT2D eigenvalue weighted by atomic mass is 10.3. The monoisotopic (exact) mass is 271 g/mol. The van der Waals surface area contributed by atoms with Gasteiger partial charge in [0.05, 0.1) is 23.9 Å². The third-order valence-corrected chi connectivity index (χ3v) is 3.30. The molecule has 2 aromatic heterocycles. The van der Waals surface area contributed by atoms with Gasteiger partial charge in [-0.25, -0.2) is 4.98 Å². The Kier molecular flexibility index (Phi) is 3.00. The summed E-state index contributed by atoms with van der Waals surface area (Å²) >= 11 is 5.20. The van der Waals surface area contributed by atoms with Gasteiger partial charge in [-0.2, -0.15) is 5.10 Å². The number of imidazole rings is 1. The highest BCUT2D eigenvalue weighted by Gasteiger charge is 2.08. The second-order valence-electron chi connectivity index (χ2n) is 4.21. The van der Waals surface area contributed by atoms with Gasteiger partial charge in [-0.1, -0.05) is 18.2 Å². The Hall–Kier alpha value is -2.21. The van der Waals surface area contributed by atoms with Crippen molar-refractivity contribution >= 4 is 23.3 Å². The zero-order valence-electron chi connectivity index (χ0n) is 10.3. The number of nitrogens with zero attached hydrogens (tertiary/aromatic N) is 4. The lowest BCUT2D eigenvalue weighted by Gasteiger charge is -2.05. The predicted molar refractivity (Wildman–Crippen MR) is 76.4 cm³/mol. The van der Waals surface area contributed by atoms with E-state index in [4.69, 9.17) is 12.2 Å². The highest BCUT2D eigenvalue weighted by Crippen LogP contribution is 2.13. The number of benzene rings is 1. The lowest BCUT2D eigenvalue weighted by Crippen LogP contribution is -2.07. The maximum atomic E-state index is 5.20. The second kappa shape index (κ2) is 4.81. The van der Waals surface area contributed by atoms with Crippen LogP contribution in [0.2, 0.25) is 0 Å². The van der Waals surface area contributed by atoms with Gasteiger partial charge in [0, 0.05) is 6.54 Å². The molecular formula is C13H13N5S. The van der Waals surface area contributed by atoms with E-state index in [-0.39, 0.29) is 0 Å². The van der Waals surface area contributed by atoms with E-state index in [1.165, 1.54) is 0 Å². The van der Waals surface area contributed by atoms with Crippen molar-refractivity contribution in [3.63, 3.8) is 0 Å². The van der Waals surface area contributed by atoms with Crippen LogP contribution in [0, 0.1) is 4.77 Å². The first kappa shape index (κ1) is 11.9. The third-order valence-electron chi connectivity index (χ3n) is 2.99. The molecule has 0 bridgehead atoms. The van der Waals surface area contributed by atoms with E-state index in [0.29, 0.717) is 17.9 Å². The van der Waals surface area contributed by atoms with Crippen molar-refractivity contribution in [2.45, 2.75) is 13.1 Å². The van der Waals surface area contributed by atoms with Crippen molar-refractivity contribution in [3.8, 4) is 0 Å². The Balaban J connectivity index is 2.01. The first-order chi connectivity index (χ1) is 9.29. The molecule has 0 amide bonds. The summed E-state index contributed by atoms with van der Waals surface area (Å²) in [4.78, 5) is 4.37. The van der Waals surface area contributed by atoms with Gasteiger partial charge in [0.1, 0.15) is 0 Å². The van der Waals surface area contributed by atoms with Crippen LogP contribution in [-0.2, 0) is 13.1 Å². The molecule has 1 aromatic carbocycles. The molecule has 3 rings (SSSR count). The standard InChI is InChI=1S/C13H13N5S/c1-2-7-18-12(15-16-13(18)19)8-17-9-14-10-5-3-4-6-11(10)17/h2-6,9H,1,7-8H2,(H,16,19). The van der Waals surface area contributed by atoms with Crippen LogP contribution in [0.4, 0.5) is 0 Å². The number of fused-ring (bicyclic) bond motifs is 1. The summed E-state index contributed by atoms with van der Waals surface area (Å²) in [5, 5.41) is 7.08. The van der Waals surface area contributed by atoms with E-state index >= 15 is 0 Å². The molecular weight excluding hydrogens is 258 g/mol. The molecule has 0 saturated heterocycles. The summed E-state index contributed by atoms with van der Waals surface area (Å²) in [6.07, 6.45) is 3.63. The van der Waals surface area contributed by atoms with Crippen LogP contribution in [0.1, 0.15) is 5.82 Å². The van der Waals surface area contributed by atoms with Crippen LogP contribution in [0.25, 0.3) is 11.0 Å². The number of para-hydroxylation sites is 2. The fourth-order valence-electron chi connectivity index (χ4n) is 2.08. The van der Waals surface area contributed by atoms with Crippen LogP contribution in [0.15, 0.2) is 43.2 Å². The van der Waals surface area contributed by atoms with Crippen LogP contribution < -0.4 is 0 Å². The number of aromatic amines is 1. The molecule has 96 valence electrons. The van der Waals surface area contributed by atoms with Gasteiger partial charge in [-0.3, -0.25) is 9.67 Å². The van der Waals surface area contributed by atoms with Crippen LogP contribution in [0.3, 0.4) is 0 Å². The average molecular weight is 271 g/mol. The fourth-order valence-corrected chi connectivity index (χ4v) is 2.30. The summed E-state index contributed by atoms with van der Waals surface area (Å²) in [5.74, 6) is 0.869. The number of hydrogen-bond donors (Lipinski definition) is 1. The first-order valence-electron chi connectivity index (χ1n) is 5.94. The number of H-pyrrole nitrogens is 1. The zero-order chi connectivity index (χ0) is 13.2. The summed E-state index contributed by atoms with van der Waals surface area (Å²) < 4.78 is 4.59. The third kappa shape index (κ3) is 2.10. The van der Waals surface area contributed by atoms with Crippen molar-refractivity contribution in [2.75, 3.05) is 0 Å². The van der Waals surface area contributed by atoms with E-state index in [1.54, 1.807) is 6.08 Å². The molecule has 0 aliphatic carbocycles. The average Bonchev–Trinajstić information content (AvgIpc) is 2.98. The van der Waals surface area contributed by atoms with Crippen LogP contribution in [0.5, 0.6) is 0 Å². The summed E-state index contributed by atoms with van der Waals surface area (Å²) in [7, 11) is 0. The molecule has 0 spiro atoms. The second-order valence-corrected chi connectivity index (χ2v) is 4.59. The molecule has 0 unspecified atom stereocenters. The summed E-state index contributed by atoms with van der Waals surface area (Å²) in [6, 6.07) is 8.02. The Morgan fingerprint density at radius 3 is 3.05 bits per heavy atom. The smallest absolute Gasteiger partial charge is 0.195 e. The first-order valence-corrected chi connectivity index (χ1v) is 6.35. The zero-order valence-corrected chi connectivity index (χ0v) is 11.1. The molecule has 0 atom stereocenters. The number of hydrogen-bond acceptors (Lipinski definition) is 3. The number of rotatable bonds is 4. The largest absolute Gasteiger partial charge is 0.323 e. The molecule has 19 heavy (non-hydrogen) atoms. The van der Waals surface area contributed by atoms with Gasteiger partial charge in [0.25, 0.3) is 0 Å². The van der Waals surface area contributed by atoms with Gasteiger partial charge in [-0.15, -0.1) is 6.58 Å². The molecule has 0 saturated carbocycles. The quantitative estimate of drug-likeness (QED) is 0.586. The van der Waals surface area contributed by atoms with Gasteiger partial charge < -0.3 is 4.57 Å². The Labute approximate surface area is 115 Å². The van der Waals surface area contributed by atoms with Crippen molar-refractivity contribution < 1.29 is 0 Å². The number of nitrogens with one attached hydrogen (secondary N) is 1. The van der Waals surface area contributed by atoms with E-state index < -0.39 is 0 Å². The summed E-state index contributed by atoms with van der Waals surface area (Å²) in [6.45, 7) is 5.01. The topological polar surface area (TPSA) is 51.4 Å². The van der Waals surface area contributed by atoms with Gasteiger partial charge in [-0.05, 0) is 24.4 Å². The minimum absolute atomic E-state index is 0.610. The lowest BCUT2D eigenvalue weighted by molar-refractivity contribution is 0.680.